The van der Waals surface area contributed by atoms with Crippen molar-refractivity contribution in [2.75, 3.05) is 13.6 Å². The van der Waals surface area contributed by atoms with Gasteiger partial charge in [-0.15, -0.1) is 0 Å². The van der Waals surface area contributed by atoms with Crippen molar-refractivity contribution in [3.05, 3.63) is 17.5 Å². The quantitative estimate of drug-likeness (QED) is 0.569. The molecule has 1 aromatic heterocycles. The van der Waals surface area contributed by atoms with Crippen LogP contribution in [0.1, 0.15) is 70.2 Å². The van der Waals surface area contributed by atoms with E-state index in [9.17, 15) is 5.11 Å². The van der Waals surface area contributed by atoms with Gasteiger partial charge in [0.15, 0.2) is 5.96 Å². The number of aliphatic imine (C=N–C) groups is 1. The van der Waals surface area contributed by atoms with Crippen molar-refractivity contribution < 1.29 is 5.11 Å². The van der Waals surface area contributed by atoms with Crippen LogP contribution < -0.4 is 10.6 Å². The molecule has 1 saturated carbocycles. The van der Waals surface area contributed by atoms with Crippen LogP contribution in [-0.4, -0.2) is 46.6 Å². The summed E-state index contributed by atoms with van der Waals surface area (Å²) < 4.78 is 2.07. The lowest BCUT2D eigenvalue weighted by molar-refractivity contribution is 0.00395. The maximum atomic E-state index is 10.4. The number of fused-ring (bicyclic) bond motifs is 1. The minimum atomic E-state index is -0.223. The summed E-state index contributed by atoms with van der Waals surface area (Å²) in [6.07, 6.45) is 9.39. The maximum absolute atomic E-state index is 10.4. The molecule has 3 rings (SSSR count). The number of aryl methyl sites for hydroxylation is 1. The van der Waals surface area contributed by atoms with Crippen molar-refractivity contribution in [1.82, 2.24) is 20.4 Å². The van der Waals surface area contributed by atoms with E-state index in [1.54, 1.807) is 0 Å². The predicted octanol–water partition coefficient (Wildman–Crippen LogP) is 2.43. The molecule has 6 heteroatoms. The minimum absolute atomic E-state index is 0.0638. The summed E-state index contributed by atoms with van der Waals surface area (Å²) in [4.78, 5) is 4.40. The Morgan fingerprint density at radius 2 is 2.23 bits per heavy atom. The molecule has 26 heavy (non-hydrogen) atoms. The smallest absolute Gasteiger partial charge is 0.191 e. The summed E-state index contributed by atoms with van der Waals surface area (Å²) in [6, 6.07) is 0.761. The van der Waals surface area contributed by atoms with Gasteiger partial charge in [-0.1, -0.05) is 19.8 Å². The van der Waals surface area contributed by atoms with E-state index in [2.05, 4.69) is 47.3 Å². The molecule has 3 atom stereocenters. The fraction of sp³-hybridized carbons (Fsp3) is 0.800. The molecule has 0 bridgehead atoms. The first-order chi connectivity index (χ1) is 12.4. The standard InChI is InChI=1S/C20H35N5O/c1-14(2)25-12-15-8-9-16(11-17(15)24-25)23-19(21-4)22-13-20(3)10-6-5-7-18(20)26/h12,14,16,18,26H,5-11,13H2,1-4H3,(H2,21,22,23). The number of hydrogen-bond donors (Lipinski definition) is 3. The van der Waals surface area contributed by atoms with E-state index in [0.717, 1.165) is 51.0 Å². The van der Waals surface area contributed by atoms with E-state index in [-0.39, 0.29) is 11.5 Å². The monoisotopic (exact) mass is 361 g/mol. The molecule has 1 heterocycles. The van der Waals surface area contributed by atoms with E-state index in [0.29, 0.717) is 12.1 Å². The molecule has 1 aromatic rings. The number of aliphatic hydroxyl groups excluding tert-OH is 1. The molecule has 3 N–H and O–H groups in total. The van der Waals surface area contributed by atoms with Crippen molar-refractivity contribution >= 4 is 5.96 Å². The van der Waals surface area contributed by atoms with Crippen molar-refractivity contribution in [2.24, 2.45) is 10.4 Å². The van der Waals surface area contributed by atoms with Gasteiger partial charge in [0, 0.05) is 43.7 Å². The van der Waals surface area contributed by atoms with E-state index < -0.39 is 0 Å². The summed E-state index contributed by atoms with van der Waals surface area (Å²) in [6.45, 7) is 7.27. The van der Waals surface area contributed by atoms with Crippen molar-refractivity contribution in [3.63, 3.8) is 0 Å². The third-order valence-electron chi connectivity index (χ3n) is 6.13. The fourth-order valence-corrected chi connectivity index (χ4v) is 4.16. The summed E-state index contributed by atoms with van der Waals surface area (Å²) >= 11 is 0. The molecular formula is C20H35N5O. The van der Waals surface area contributed by atoms with Crippen LogP contribution in [0.4, 0.5) is 0 Å². The van der Waals surface area contributed by atoms with Crippen LogP contribution in [0.2, 0.25) is 0 Å². The Kier molecular flexibility index (Phi) is 5.90. The number of aromatic nitrogens is 2. The van der Waals surface area contributed by atoms with E-state index in [1.807, 2.05) is 7.05 Å². The van der Waals surface area contributed by atoms with Gasteiger partial charge in [-0.25, -0.2) is 0 Å². The van der Waals surface area contributed by atoms with Gasteiger partial charge < -0.3 is 15.7 Å². The Balaban J connectivity index is 1.55. The molecule has 0 aromatic carbocycles. The lowest BCUT2D eigenvalue weighted by Crippen LogP contribution is -2.51. The van der Waals surface area contributed by atoms with Gasteiger partial charge in [0.05, 0.1) is 11.8 Å². The van der Waals surface area contributed by atoms with E-state index >= 15 is 0 Å². The Bertz CT molecular complexity index is 638. The van der Waals surface area contributed by atoms with Crippen LogP contribution >= 0.6 is 0 Å². The largest absolute Gasteiger partial charge is 0.392 e. The second-order valence-electron chi connectivity index (χ2n) is 8.60. The topological polar surface area (TPSA) is 74.5 Å². The second kappa shape index (κ2) is 7.99. The molecule has 3 unspecified atom stereocenters. The highest BCUT2D eigenvalue weighted by atomic mass is 16.3. The van der Waals surface area contributed by atoms with Gasteiger partial charge in [0.1, 0.15) is 0 Å². The van der Waals surface area contributed by atoms with Gasteiger partial charge in [0.2, 0.25) is 0 Å². The molecule has 6 nitrogen and oxygen atoms in total. The molecule has 2 aliphatic carbocycles. The first kappa shape index (κ1) is 19.2. The molecule has 1 fully saturated rings. The third-order valence-corrected chi connectivity index (χ3v) is 6.13. The highest BCUT2D eigenvalue weighted by Gasteiger charge is 2.35. The molecule has 146 valence electrons. The van der Waals surface area contributed by atoms with Crippen LogP contribution in [0.5, 0.6) is 0 Å². The summed E-state index contributed by atoms with van der Waals surface area (Å²) in [5.74, 6) is 0.834. The Morgan fingerprint density at radius 1 is 1.42 bits per heavy atom. The molecule has 2 aliphatic rings. The number of rotatable bonds is 4. The third kappa shape index (κ3) is 4.22. The molecule has 0 radical (unpaired) electrons. The van der Waals surface area contributed by atoms with Crippen LogP contribution in [0.25, 0.3) is 0 Å². The van der Waals surface area contributed by atoms with Gasteiger partial charge in [0.25, 0.3) is 0 Å². The zero-order valence-electron chi connectivity index (χ0n) is 16.8. The summed E-state index contributed by atoms with van der Waals surface area (Å²) in [5.41, 5.74) is 2.54. The first-order valence-electron chi connectivity index (χ1n) is 10.1. The molecule has 0 saturated heterocycles. The van der Waals surface area contributed by atoms with Crippen molar-refractivity contribution in [1.29, 1.82) is 0 Å². The normalized spacial score (nSPS) is 29.5. The van der Waals surface area contributed by atoms with Crippen LogP contribution in [0, 0.1) is 5.41 Å². The molecule has 0 amide bonds. The number of nitrogens with one attached hydrogen (secondary N) is 2. The molecule has 0 aliphatic heterocycles. The Hall–Kier alpha value is -1.56. The highest BCUT2D eigenvalue weighted by Crippen LogP contribution is 2.35. The SMILES string of the molecule is CN=C(NCC1(C)CCCCC1O)NC1CCc2cn(C(C)C)nc2C1. The van der Waals surface area contributed by atoms with Crippen LogP contribution in [0.3, 0.4) is 0 Å². The zero-order valence-corrected chi connectivity index (χ0v) is 16.8. The van der Waals surface area contributed by atoms with Crippen LogP contribution in [0.15, 0.2) is 11.2 Å². The highest BCUT2D eigenvalue weighted by molar-refractivity contribution is 5.80. The average Bonchev–Trinajstić information content (AvgIpc) is 3.05. The second-order valence-corrected chi connectivity index (χ2v) is 8.60. The molecule has 0 spiro atoms. The lowest BCUT2D eigenvalue weighted by Gasteiger charge is -2.39. The number of hydrogen-bond acceptors (Lipinski definition) is 3. The zero-order chi connectivity index (χ0) is 18.7. The number of aliphatic hydroxyl groups is 1. The predicted molar refractivity (Wildman–Crippen MR) is 106 cm³/mol. The van der Waals surface area contributed by atoms with Gasteiger partial charge in [-0.3, -0.25) is 9.67 Å². The lowest BCUT2D eigenvalue weighted by atomic mass is 9.73. The molecular weight excluding hydrogens is 326 g/mol. The van der Waals surface area contributed by atoms with E-state index in [4.69, 9.17) is 5.10 Å². The van der Waals surface area contributed by atoms with Gasteiger partial charge in [-0.05, 0) is 45.1 Å². The fourth-order valence-electron chi connectivity index (χ4n) is 4.16. The van der Waals surface area contributed by atoms with Gasteiger partial charge >= 0.3 is 0 Å². The summed E-state index contributed by atoms with van der Waals surface area (Å²) in [7, 11) is 1.82. The minimum Gasteiger partial charge on any atom is -0.392 e. The number of guanidine groups is 1. The van der Waals surface area contributed by atoms with Crippen molar-refractivity contribution in [2.45, 2.75) is 83.9 Å². The van der Waals surface area contributed by atoms with E-state index in [1.165, 1.54) is 17.7 Å². The first-order valence-corrected chi connectivity index (χ1v) is 10.1. The Morgan fingerprint density at radius 3 is 2.92 bits per heavy atom. The van der Waals surface area contributed by atoms with Crippen LogP contribution in [-0.2, 0) is 12.8 Å². The van der Waals surface area contributed by atoms with Gasteiger partial charge in [-0.2, -0.15) is 5.10 Å². The average molecular weight is 362 g/mol. The maximum Gasteiger partial charge on any atom is 0.191 e. The number of nitrogens with zero attached hydrogens (tertiary/aromatic N) is 3. The van der Waals surface area contributed by atoms with Crippen molar-refractivity contribution in [3.8, 4) is 0 Å². The summed E-state index contributed by atoms with van der Waals surface area (Å²) in [5, 5.41) is 22.2. The Labute approximate surface area is 157 Å².